The molecular weight excluding hydrogens is 223 g/mol. The van der Waals surface area contributed by atoms with E-state index in [4.69, 9.17) is 23.2 Å². The van der Waals surface area contributed by atoms with Crippen molar-refractivity contribution < 1.29 is 0 Å². The van der Waals surface area contributed by atoms with Crippen LogP contribution in [-0.4, -0.2) is 0 Å². The number of halogens is 3. The average Bonchev–Trinajstić information content (AvgIpc) is 1.83. The van der Waals surface area contributed by atoms with Crippen molar-refractivity contribution in [3.8, 4) is 0 Å². The van der Waals surface area contributed by atoms with Crippen LogP contribution < -0.4 is 0 Å². The molecule has 9 heavy (non-hydrogen) atoms. The first-order valence-corrected chi connectivity index (χ1v) is 3.78. The topological polar surface area (TPSA) is 0 Å². The standard InChI is InChI=1S/C6H2BrCl2/c7-6-4(8)2-1-3-5(6)9/h1-2H. The minimum absolute atomic E-state index is 0.516. The Labute approximate surface area is 71.9 Å². The van der Waals surface area contributed by atoms with Gasteiger partial charge in [0, 0.05) is 6.07 Å². The summed E-state index contributed by atoms with van der Waals surface area (Å²) in [6.45, 7) is 0. The highest BCUT2D eigenvalue weighted by Crippen LogP contribution is 2.28. The van der Waals surface area contributed by atoms with Crippen LogP contribution in [0.15, 0.2) is 16.6 Å². The summed E-state index contributed by atoms with van der Waals surface area (Å²) in [6.07, 6.45) is 0. The van der Waals surface area contributed by atoms with Crippen LogP contribution in [0.1, 0.15) is 0 Å². The van der Waals surface area contributed by atoms with E-state index in [1.165, 1.54) is 0 Å². The molecule has 0 unspecified atom stereocenters. The zero-order valence-corrected chi connectivity index (χ0v) is 7.39. The molecule has 0 saturated heterocycles. The summed E-state index contributed by atoms with van der Waals surface area (Å²) in [7, 11) is 0. The maximum Gasteiger partial charge on any atom is 0.0642 e. The Morgan fingerprint density at radius 3 is 2.56 bits per heavy atom. The van der Waals surface area contributed by atoms with Crippen molar-refractivity contribution in [1.29, 1.82) is 0 Å². The number of hydrogen-bond donors (Lipinski definition) is 0. The van der Waals surface area contributed by atoms with Crippen molar-refractivity contribution in [1.82, 2.24) is 0 Å². The number of rotatable bonds is 0. The van der Waals surface area contributed by atoms with Crippen LogP contribution in [0.5, 0.6) is 0 Å². The molecule has 0 aliphatic heterocycles. The second-order valence-electron chi connectivity index (χ2n) is 1.45. The van der Waals surface area contributed by atoms with Gasteiger partial charge in [0.05, 0.1) is 14.5 Å². The van der Waals surface area contributed by atoms with Crippen molar-refractivity contribution in [3.05, 3.63) is 32.7 Å². The lowest BCUT2D eigenvalue weighted by molar-refractivity contribution is 1.63. The van der Waals surface area contributed by atoms with Crippen molar-refractivity contribution in [2.75, 3.05) is 0 Å². The normalized spacial score (nSPS) is 9.67. The van der Waals surface area contributed by atoms with Gasteiger partial charge in [-0.3, -0.25) is 0 Å². The summed E-state index contributed by atoms with van der Waals surface area (Å²) >= 11 is 14.5. The van der Waals surface area contributed by atoms with Crippen LogP contribution in [0, 0.1) is 6.07 Å². The lowest BCUT2D eigenvalue weighted by Crippen LogP contribution is -1.69. The second-order valence-corrected chi connectivity index (χ2v) is 3.03. The maximum atomic E-state index is 5.66. The van der Waals surface area contributed by atoms with Crippen LogP contribution >= 0.6 is 39.1 Å². The molecule has 0 saturated carbocycles. The summed E-state index contributed by atoms with van der Waals surface area (Å²) in [4.78, 5) is 0. The van der Waals surface area contributed by atoms with Crippen molar-refractivity contribution >= 4 is 39.1 Å². The highest BCUT2D eigenvalue weighted by molar-refractivity contribution is 9.10. The highest BCUT2D eigenvalue weighted by atomic mass is 79.9. The Hall–Kier alpha value is 0.280. The molecule has 0 atom stereocenters. The van der Waals surface area contributed by atoms with Gasteiger partial charge in [-0.1, -0.05) is 29.3 Å². The van der Waals surface area contributed by atoms with E-state index in [0.29, 0.717) is 14.5 Å². The van der Waals surface area contributed by atoms with E-state index in [0.717, 1.165) is 0 Å². The Morgan fingerprint density at radius 2 is 2.11 bits per heavy atom. The lowest BCUT2D eigenvalue weighted by Gasteiger charge is -1.94. The third-order valence-corrected chi connectivity index (χ3v) is 2.74. The molecule has 0 spiro atoms. The van der Waals surface area contributed by atoms with Crippen molar-refractivity contribution in [2.24, 2.45) is 0 Å². The van der Waals surface area contributed by atoms with E-state index >= 15 is 0 Å². The molecule has 1 rings (SSSR count). The average molecular weight is 225 g/mol. The fourth-order valence-electron chi connectivity index (χ4n) is 0.429. The SMILES string of the molecule is Clc1[c]ccc(Cl)c1Br. The minimum atomic E-state index is 0.516. The Balaban J connectivity index is 3.25. The summed E-state index contributed by atoms with van der Waals surface area (Å²) in [6, 6.07) is 6.17. The van der Waals surface area contributed by atoms with Crippen LogP contribution in [0.2, 0.25) is 10.0 Å². The third-order valence-electron chi connectivity index (χ3n) is 0.842. The molecule has 0 nitrogen and oxygen atoms in total. The molecular formula is C6H2BrCl2. The zero-order chi connectivity index (χ0) is 6.85. The first-order chi connectivity index (χ1) is 4.22. The molecule has 1 aromatic carbocycles. The van der Waals surface area contributed by atoms with Crippen molar-refractivity contribution in [2.45, 2.75) is 0 Å². The predicted octanol–water partition coefficient (Wildman–Crippen LogP) is 3.56. The zero-order valence-electron chi connectivity index (χ0n) is 4.29. The van der Waals surface area contributed by atoms with Gasteiger partial charge in [-0.15, -0.1) is 0 Å². The van der Waals surface area contributed by atoms with Gasteiger partial charge in [-0.2, -0.15) is 0 Å². The minimum Gasteiger partial charge on any atom is -0.0831 e. The van der Waals surface area contributed by atoms with Gasteiger partial charge < -0.3 is 0 Å². The van der Waals surface area contributed by atoms with Gasteiger partial charge in [-0.25, -0.2) is 0 Å². The number of benzene rings is 1. The first kappa shape index (κ1) is 7.39. The van der Waals surface area contributed by atoms with Crippen LogP contribution in [0.3, 0.4) is 0 Å². The molecule has 3 heteroatoms. The number of hydrogen-bond acceptors (Lipinski definition) is 0. The fourth-order valence-corrected chi connectivity index (χ4v) is 1.05. The largest absolute Gasteiger partial charge is 0.0831 e. The fraction of sp³-hybridized carbons (Fsp3) is 0. The molecule has 0 fully saturated rings. The molecule has 1 aromatic rings. The summed E-state index contributed by atoms with van der Waals surface area (Å²) in [5.41, 5.74) is 0. The van der Waals surface area contributed by atoms with Crippen LogP contribution in [0.25, 0.3) is 0 Å². The van der Waals surface area contributed by atoms with E-state index in [-0.39, 0.29) is 0 Å². The molecule has 0 amide bonds. The predicted molar refractivity (Wildman–Crippen MR) is 43.0 cm³/mol. The highest BCUT2D eigenvalue weighted by Gasteiger charge is 1.98. The van der Waals surface area contributed by atoms with Crippen molar-refractivity contribution in [3.63, 3.8) is 0 Å². The van der Waals surface area contributed by atoms with E-state index in [2.05, 4.69) is 22.0 Å². The van der Waals surface area contributed by atoms with Gasteiger partial charge in [0.15, 0.2) is 0 Å². The van der Waals surface area contributed by atoms with Crippen LogP contribution in [-0.2, 0) is 0 Å². The van der Waals surface area contributed by atoms with Crippen LogP contribution in [0.4, 0.5) is 0 Å². The van der Waals surface area contributed by atoms with E-state index in [1.54, 1.807) is 12.1 Å². The molecule has 1 radical (unpaired) electrons. The van der Waals surface area contributed by atoms with E-state index < -0.39 is 0 Å². The third kappa shape index (κ3) is 1.60. The maximum absolute atomic E-state index is 5.66. The summed E-state index contributed by atoms with van der Waals surface area (Å²) in [5.74, 6) is 0. The molecule has 0 aliphatic carbocycles. The Kier molecular flexibility index (Phi) is 2.39. The molecule has 0 N–H and O–H groups in total. The summed E-state index contributed by atoms with van der Waals surface area (Å²) < 4.78 is 0.702. The quantitative estimate of drug-likeness (QED) is 0.592. The van der Waals surface area contributed by atoms with Gasteiger partial charge in [0.2, 0.25) is 0 Å². The smallest absolute Gasteiger partial charge is 0.0642 e. The monoisotopic (exact) mass is 223 g/mol. The van der Waals surface area contributed by atoms with Gasteiger partial charge in [0.25, 0.3) is 0 Å². The van der Waals surface area contributed by atoms with E-state index in [9.17, 15) is 0 Å². The van der Waals surface area contributed by atoms with Gasteiger partial charge in [0.1, 0.15) is 0 Å². The molecule has 47 valence electrons. The lowest BCUT2D eigenvalue weighted by atomic mass is 10.4. The van der Waals surface area contributed by atoms with Gasteiger partial charge >= 0.3 is 0 Å². The molecule has 0 aliphatic rings. The first-order valence-electron chi connectivity index (χ1n) is 2.23. The Morgan fingerprint density at radius 1 is 1.44 bits per heavy atom. The Bertz CT molecular complexity index is 202. The molecule has 0 aromatic heterocycles. The summed E-state index contributed by atoms with van der Waals surface area (Å²) in [5, 5.41) is 1.13. The molecule has 0 bridgehead atoms. The molecule has 0 heterocycles. The van der Waals surface area contributed by atoms with Gasteiger partial charge in [-0.05, 0) is 22.0 Å². The second kappa shape index (κ2) is 2.91. The van der Waals surface area contributed by atoms with E-state index in [1.807, 2.05) is 0 Å².